The van der Waals surface area contributed by atoms with E-state index >= 15 is 0 Å². The molecule has 1 heterocycles. The summed E-state index contributed by atoms with van der Waals surface area (Å²) in [6.07, 6.45) is 1.05. The number of nitrogens with one attached hydrogen (secondary N) is 1. The Labute approximate surface area is 88.4 Å². The number of hydrogen-bond acceptors (Lipinski definition) is 4. The molecule has 0 aromatic rings. The van der Waals surface area contributed by atoms with Gasteiger partial charge in [-0.05, 0) is 38.7 Å². The van der Waals surface area contributed by atoms with Gasteiger partial charge < -0.3 is 4.90 Å². The molecule has 5 heteroatoms. The first-order chi connectivity index (χ1) is 6.48. The largest absolute Gasteiger partial charge is 0.304 e. The summed E-state index contributed by atoms with van der Waals surface area (Å²) >= 11 is 1.09. The molecule has 80 valence electrons. The summed E-state index contributed by atoms with van der Waals surface area (Å²) in [7, 11) is 1.96. The minimum Gasteiger partial charge on any atom is -0.304 e. The molecule has 1 unspecified atom stereocenters. The molecule has 0 aromatic carbocycles. The van der Waals surface area contributed by atoms with E-state index in [2.05, 4.69) is 17.1 Å². The van der Waals surface area contributed by atoms with Crippen LogP contribution in [0.25, 0.3) is 0 Å². The Kier molecular flexibility index (Phi) is 3.55. The fraction of sp³-hybridized carbons (Fsp3) is 0.778. The monoisotopic (exact) mass is 216 g/mol. The van der Waals surface area contributed by atoms with Crippen LogP contribution in [-0.2, 0) is 4.79 Å². The van der Waals surface area contributed by atoms with Gasteiger partial charge in [0, 0.05) is 6.54 Å². The van der Waals surface area contributed by atoms with E-state index in [4.69, 9.17) is 0 Å². The number of thioether (sulfide) groups is 1. The predicted molar refractivity (Wildman–Crippen MR) is 57.3 cm³/mol. The first-order valence-corrected chi connectivity index (χ1v) is 5.52. The molecule has 0 bridgehead atoms. The van der Waals surface area contributed by atoms with Crippen LogP contribution in [0.1, 0.15) is 20.3 Å². The maximum absolute atomic E-state index is 11.5. The highest BCUT2D eigenvalue weighted by Gasteiger charge is 2.44. The highest BCUT2D eigenvalue weighted by Crippen LogP contribution is 2.31. The zero-order chi connectivity index (χ0) is 10.8. The smallest absolute Gasteiger partial charge is 0.286 e. The van der Waals surface area contributed by atoms with E-state index in [1.165, 1.54) is 0 Å². The molecule has 1 saturated heterocycles. The molecule has 1 fully saturated rings. The van der Waals surface area contributed by atoms with E-state index in [-0.39, 0.29) is 11.1 Å². The Hall–Kier alpha value is -0.550. The van der Waals surface area contributed by atoms with E-state index in [0.29, 0.717) is 6.54 Å². The van der Waals surface area contributed by atoms with Crippen LogP contribution < -0.4 is 5.32 Å². The average Bonchev–Trinajstić information content (AvgIpc) is 2.25. The summed E-state index contributed by atoms with van der Waals surface area (Å²) in [5, 5.41) is 2.08. The molecule has 0 spiro atoms. The Morgan fingerprint density at radius 1 is 1.50 bits per heavy atom. The first kappa shape index (κ1) is 11.5. The molecule has 0 aliphatic carbocycles. The second-order valence-corrected chi connectivity index (χ2v) is 5.29. The summed E-state index contributed by atoms with van der Waals surface area (Å²) in [6.45, 7) is 5.45. The molecule has 1 aliphatic rings. The maximum Gasteiger partial charge on any atom is 0.286 e. The Bertz CT molecular complexity index is 257. The average molecular weight is 216 g/mol. The third kappa shape index (κ3) is 2.48. The third-order valence-corrected chi connectivity index (χ3v) is 3.24. The lowest BCUT2D eigenvalue weighted by Gasteiger charge is -2.25. The molecule has 0 aromatic heterocycles. The van der Waals surface area contributed by atoms with Gasteiger partial charge in [-0.25, -0.2) is 0 Å². The molecule has 14 heavy (non-hydrogen) atoms. The normalized spacial score (nSPS) is 27.1. The van der Waals surface area contributed by atoms with E-state index < -0.39 is 4.75 Å². The van der Waals surface area contributed by atoms with Crippen LogP contribution in [0.4, 0.5) is 4.79 Å². The van der Waals surface area contributed by atoms with Gasteiger partial charge >= 0.3 is 0 Å². The Morgan fingerprint density at radius 2 is 2.14 bits per heavy atom. The number of imide groups is 1. The molecule has 1 rings (SSSR count). The van der Waals surface area contributed by atoms with Crippen molar-refractivity contribution in [2.24, 2.45) is 0 Å². The number of nitrogens with zero attached hydrogens (tertiary/aromatic N) is 1. The van der Waals surface area contributed by atoms with Crippen LogP contribution in [0.5, 0.6) is 0 Å². The van der Waals surface area contributed by atoms with Crippen LogP contribution in [0.2, 0.25) is 0 Å². The topological polar surface area (TPSA) is 49.4 Å². The second kappa shape index (κ2) is 4.31. The van der Waals surface area contributed by atoms with Gasteiger partial charge in [0.25, 0.3) is 5.24 Å². The molecule has 4 nitrogen and oxygen atoms in total. The summed E-state index contributed by atoms with van der Waals surface area (Å²) in [5.41, 5.74) is 0. The number of carbonyl (C=O) groups excluding carboxylic acids is 2. The fourth-order valence-electron chi connectivity index (χ4n) is 1.58. The van der Waals surface area contributed by atoms with Crippen molar-refractivity contribution in [1.29, 1.82) is 0 Å². The van der Waals surface area contributed by atoms with Gasteiger partial charge in [0.2, 0.25) is 5.91 Å². The second-order valence-electron chi connectivity index (χ2n) is 3.81. The lowest BCUT2D eigenvalue weighted by atomic mass is 10.1. The highest BCUT2D eigenvalue weighted by molar-refractivity contribution is 8.16. The van der Waals surface area contributed by atoms with Crippen molar-refractivity contribution >= 4 is 22.9 Å². The van der Waals surface area contributed by atoms with Crippen LogP contribution in [0.3, 0.4) is 0 Å². The number of hydrogen-bond donors (Lipinski definition) is 1. The van der Waals surface area contributed by atoms with Crippen molar-refractivity contribution in [2.75, 3.05) is 20.1 Å². The number of carbonyl (C=O) groups is 2. The molecule has 1 N–H and O–H groups in total. The minimum absolute atomic E-state index is 0.171. The van der Waals surface area contributed by atoms with Gasteiger partial charge in [-0.3, -0.25) is 14.9 Å². The van der Waals surface area contributed by atoms with Crippen LogP contribution >= 0.6 is 11.8 Å². The first-order valence-electron chi connectivity index (χ1n) is 4.71. The van der Waals surface area contributed by atoms with Gasteiger partial charge in [-0.1, -0.05) is 6.92 Å². The standard InChI is InChI=1S/C9H16N2O2S/c1-4-5-11(3)6-9(2)7(12)10-8(13)14-9/h4-6H2,1-3H3,(H,10,12,13). The lowest BCUT2D eigenvalue weighted by molar-refractivity contribution is -0.121. The summed E-state index contributed by atoms with van der Waals surface area (Å²) in [4.78, 5) is 24.6. The van der Waals surface area contributed by atoms with Gasteiger partial charge in [0.05, 0.1) is 0 Å². The molecular weight excluding hydrogens is 200 g/mol. The van der Waals surface area contributed by atoms with Gasteiger partial charge in [0.1, 0.15) is 4.75 Å². The van der Waals surface area contributed by atoms with Crippen molar-refractivity contribution in [3.8, 4) is 0 Å². The number of rotatable bonds is 4. The van der Waals surface area contributed by atoms with Gasteiger partial charge in [-0.15, -0.1) is 0 Å². The molecule has 0 saturated carbocycles. The van der Waals surface area contributed by atoms with Crippen molar-refractivity contribution in [1.82, 2.24) is 10.2 Å². The molecule has 2 amide bonds. The van der Waals surface area contributed by atoms with Crippen LogP contribution in [-0.4, -0.2) is 40.9 Å². The summed E-state index contributed by atoms with van der Waals surface area (Å²) in [5.74, 6) is -0.171. The fourth-order valence-corrected chi connectivity index (χ4v) is 2.56. The van der Waals surface area contributed by atoms with Gasteiger partial charge in [0.15, 0.2) is 0 Å². The molecule has 1 aliphatic heterocycles. The van der Waals surface area contributed by atoms with Crippen molar-refractivity contribution < 1.29 is 9.59 Å². The maximum atomic E-state index is 11.5. The Morgan fingerprint density at radius 3 is 2.57 bits per heavy atom. The number of amides is 2. The Balaban J connectivity index is 2.57. The summed E-state index contributed by atoms with van der Waals surface area (Å²) in [6, 6.07) is 0. The van der Waals surface area contributed by atoms with Crippen LogP contribution in [0.15, 0.2) is 0 Å². The van der Waals surface area contributed by atoms with E-state index in [1.54, 1.807) is 0 Å². The molecule has 1 atom stereocenters. The lowest BCUT2D eigenvalue weighted by Crippen LogP contribution is -2.43. The van der Waals surface area contributed by atoms with Crippen LogP contribution in [0, 0.1) is 0 Å². The van der Waals surface area contributed by atoms with Crippen molar-refractivity contribution in [2.45, 2.75) is 25.0 Å². The minimum atomic E-state index is -0.610. The van der Waals surface area contributed by atoms with Gasteiger partial charge in [-0.2, -0.15) is 0 Å². The summed E-state index contributed by atoms with van der Waals surface area (Å²) < 4.78 is -0.610. The quantitative estimate of drug-likeness (QED) is 0.763. The zero-order valence-electron chi connectivity index (χ0n) is 8.79. The van der Waals surface area contributed by atoms with E-state index in [1.807, 2.05) is 14.0 Å². The predicted octanol–water partition coefficient (Wildman–Crippen LogP) is 1.07. The third-order valence-electron chi connectivity index (χ3n) is 2.19. The van der Waals surface area contributed by atoms with E-state index in [0.717, 1.165) is 24.7 Å². The SMILES string of the molecule is CCCN(C)CC1(C)SC(=O)NC1=O. The van der Waals surface area contributed by atoms with Crippen molar-refractivity contribution in [3.05, 3.63) is 0 Å². The molecular formula is C9H16N2O2S. The highest BCUT2D eigenvalue weighted by atomic mass is 32.2. The zero-order valence-corrected chi connectivity index (χ0v) is 9.61. The molecule has 0 radical (unpaired) electrons. The van der Waals surface area contributed by atoms with E-state index in [9.17, 15) is 9.59 Å². The van der Waals surface area contributed by atoms with Crippen molar-refractivity contribution in [3.63, 3.8) is 0 Å².